The Morgan fingerprint density at radius 3 is 2.50 bits per heavy atom. The predicted molar refractivity (Wildman–Crippen MR) is 126 cm³/mol. The zero-order valence-corrected chi connectivity index (χ0v) is 19.2. The molecule has 1 heterocycles. The number of hydrogen-bond acceptors (Lipinski definition) is 7. The Bertz CT molecular complexity index is 1020. The minimum Gasteiger partial charge on any atom is -0.490 e. The van der Waals surface area contributed by atoms with E-state index in [-0.39, 0.29) is 12.5 Å². The molecule has 0 spiro atoms. The van der Waals surface area contributed by atoms with Gasteiger partial charge < -0.3 is 14.2 Å². The molecule has 0 radical (unpaired) electrons. The molecule has 1 amide bonds. The highest BCUT2D eigenvalue weighted by Crippen LogP contribution is 2.35. The fourth-order valence-electron chi connectivity index (χ4n) is 2.98. The minimum absolute atomic E-state index is 0.0900. The number of amidine groups is 1. The molecular formula is C24H26N2O5S. The number of thioether (sulfide) groups is 1. The molecule has 0 aromatic heterocycles. The Labute approximate surface area is 192 Å². The van der Waals surface area contributed by atoms with E-state index >= 15 is 0 Å². The molecule has 0 bridgehead atoms. The first-order valence-electron chi connectivity index (χ1n) is 10.5. The summed E-state index contributed by atoms with van der Waals surface area (Å²) in [6.07, 6.45) is 1.81. The lowest BCUT2D eigenvalue weighted by atomic mass is 10.2. The maximum atomic E-state index is 12.9. The van der Waals surface area contributed by atoms with Crippen LogP contribution < -0.4 is 9.47 Å². The number of esters is 1. The number of benzene rings is 2. The molecule has 3 rings (SSSR count). The first-order valence-corrected chi connectivity index (χ1v) is 11.3. The van der Waals surface area contributed by atoms with E-state index in [0.29, 0.717) is 41.3 Å². The predicted octanol–water partition coefficient (Wildman–Crippen LogP) is 4.65. The lowest BCUT2D eigenvalue weighted by Crippen LogP contribution is -2.28. The molecule has 1 aliphatic rings. The highest BCUT2D eigenvalue weighted by molar-refractivity contribution is 8.18. The van der Waals surface area contributed by atoms with Crippen molar-refractivity contribution in [1.82, 2.24) is 4.90 Å². The van der Waals surface area contributed by atoms with Gasteiger partial charge in [-0.05, 0) is 68.4 Å². The van der Waals surface area contributed by atoms with E-state index in [2.05, 4.69) is 4.99 Å². The number of rotatable bonds is 9. The third-order valence-electron chi connectivity index (χ3n) is 4.40. The SMILES string of the molecule is CCOC(=O)COc1ccc(C=C2SC(=Nc3ccccc3)N(CC)C2=O)cc1OCC. The van der Waals surface area contributed by atoms with Crippen LogP contribution in [0.4, 0.5) is 5.69 Å². The maximum Gasteiger partial charge on any atom is 0.344 e. The molecule has 0 aliphatic carbocycles. The lowest BCUT2D eigenvalue weighted by molar-refractivity contribution is -0.145. The van der Waals surface area contributed by atoms with E-state index in [1.807, 2.05) is 50.2 Å². The summed E-state index contributed by atoms with van der Waals surface area (Å²) in [5.41, 5.74) is 1.58. The third kappa shape index (κ3) is 5.91. The molecule has 0 N–H and O–H groups in total. The van der Waals surface area contributed by atoms with Gasteiger partial charge in [-0.3, -0.25) is 9.69 Å². The van der Waals surface area contributed by atoms with Crippen LogP contribution in [-0.4, -0.2) is 48.3 Å². The summed E-state index contributed by atoms with van der Waals surface area (Å²) in [4.78, 5) is 31.3. The summed E-state index contributed by atoms with van der Waals surface area (Å²) in [5, 5.41) is 0.648. The summed E-state index contributed by atoms with van der Waals surface area (Å²) in [7, 11) is 0. The van der Waals surface area contributed by atoms with E-state index in [4.69, 9.17) is 14.2 Å². The van der Waals surface area contributed by atoms with Gasteiger partial charge in [-0.2, -0.15) is 0 Å². The molecule has 1 aliphatic heterocycles. The van der Waals surface area contributed by atoms with Gasteiger partial charge in [-0.25, -0.2) is 9.79 Å². The number of hydrogen-bond donors (Lipinski definition) is 0. The molecule has 1 fully saturated rings. The first kappa shape index (κ1) is 23.4. The molecule has 168 valence electrons. The Balaban J connectivity index is 1.83. The number of carbonyl (C=O) groups excluding carboxylic acids is 2. The number of nitrogens with zero attached hydrogens (tertiary/aromatic N) is 2. The van der Waals surface area contributed by atoms with Crippen LogP contribution in [0.2, 0.25) is 0 Å². The largest absolute Gasteiger partial charge is 0.490 e. The van der Waals surface area contributed by atoms with Crippen molar-refractivity contribution < 1.29 is 23.8 Å². The van der Waals surface area contributed by atoms with Gasteiger partial charge in [0.25, 0.3) is 5.91 Å². The van der Waals surface area contributed by atoms with Crippen molar-refractivity contribution in [2.45, 2.75) is 20.8 Å². The first-order chi connectivity index (χ1) is 15.5. The van der Waals surface area contributed by atoms with Crippen LogP contribution in [0.3, 0.4) is 0 Å². The number of carbonyl (C=O) groups is 2. The van der Waals surface area contributed by atoms with Crippen molar-refractivity contribution in [2.24, 2.45) is 4.99 Å². The zero-order chi connectivity index (χ0) is 22.9. The van der Waals surface area contributed by atoms with Crippen LogP contribution in [0, 0.1) is 0 Å². The number of amides is 1. The van der Waals surface area contributed by atoms with Crippen molar-refractivity contribution in [2.75, 3.05) is 26.4 Å². The number of para-hydroxylation sites is 1. The molecule has 32 heavy (non-hydrogen) atoms. The van der Waals surface area contributed by atoms with Gasteiger partial charge in [-0.15, -0.1) is 0 Å². The van der Waals surface area contributed by atoms with Gasteiger partial charge in [0.05, 0.1) is 23.8 Å². The zero-order valence-electron chi connectivity index (χ0n) is 18.4. The Kier molecular flexibility index (Phi) is 8.33. The third-order valence-corrected chi connectivity index (χ3v) is 5.41. The normalized spacial score (nSPS) is 16.0. The highest BCUT2D eigenvalue weighted by atomic mass is 32.2. The van der Waals surface area contributed by atoms with Gasteiger partial charge in [0.2, 0.25) is 0 Å². The second-order valence-corrected chi connectivity index (χ2v) is 7.63. The molecule has 2 aromatic carbocycles. The molecule has 1 saturated heterocycles. The lowest BCUT2D eigenvalue weighted by Gasteiger charge is -2.12. The van der Waals surface area contributed by atoms with Crippen LogP contribution in [0.25, 0.3) is 6.08 Å². The van der Waals surface area contributed by atoms with Crippen molar-refractivity contribution in [3.63, 3.8) is 0 Å². The van der Waals surface area contributed by atoms with Gasteiger partial charge in [0, 0.05) is 6.54 Å². The van der Waals surface area contributed by atoms with E-state index < -0.39 is 5.97 Å². The molecule has 8 heteroatoms. The van der Waals surface area contributed by atoms with E-state index in [1.54, 1.807) is 30.0 Å². The van der Waals surface area contributed by atoms with E-state index in [0.717, 1.165) is 11.3 Å². The van der Waals surface area contributed by atoms with Crippen molar-refractivity contribution >= 4 is 40.6 Å². The molecule has 0 unspecified atom stereocenters. The number of likely N-dealkylation sites (N-methyl/N-ethyl adjacent to an activating group) is 1. The molecule has 0 saturated carbocycles. The summed E-state index contributed by atoms with van der Waals surface area (Å²) >= 11 is 1.34. The molecule has 7 nitrogen and oxygen atoms in total. The second-order valence-electron chi connectivity index (χ2n) is 6.62. The maximum absolute atomic E-state index is 12.9. The standard InChI is InChI=1S/C24H26N2O5S/c1-4-26-23(28)21(32-24(26)25-18-10-8-7-9-11-18)15-17-12-13-19(20(14-17)29-5-2)31-16-22(27)30-6-3/h7-15H,4-6,16H2,1-3H3. The summed E-state index contributed by atoms with van der Waals surface area (Å²) in [6.45, 7) is 6.58. The topological polar surface area (TPSA) is 77.4 Å². The van der Waals surface area contributed by atoms with Crippen LogP contribution >= 0.6 is 11.8 Å². The Morgan fingerprint density at radius 2 is 1.81 bits per heavy atom. The minimum atomic E-state index is -0.445. The fourth-order valence-corrected chi connectivity index (χ4v) is 4.04. The number of aliphatic imine (C=N–C) groups is 1. The smallest absolute Gasteiger partial charge is 0.344 e. The molecule has 0 atom stereocenters. The summed E-state index contributed by atoms with van der Waals surface area (Å²) < 4.78 is 16.1. The van der Waals surface area contributed by atoms with Gasteiger partial charge in [0.15, 0.2) is 23.3 Å². The van der Waals surface area contributed by atoms with Crippen molar-refractivity contribution in [1.29, 1.82) is 0 Å². The van der Waals surface area contributed by atoms with Crippen LogP contribution in [0.5, 0.6) is 11.5 Å². The van der Waals surface area contributed by atoms with E-state index in [1.165, 1.54) is 11.8 Å². The van der Waals surface area contributed by atoms with Crippen LogP contribution in [-0.2, 0) is 14.3 Å². The molecular weight excluding hydrogens is 428 g/mol. The average molecular weight is 455 g/mol. The van der Waals surface area contributed by atoms with E-state index in [9.17, 15) is 9.59 Å². The van der Waals surface area contributed by atoms with Crippen molar-refractivity contribution in [3.05, 3.63) is 59.0 Å². The summed E-state index contributed by atoms with van der Waals surface area (Å²) in [6, 6.07) is 14.9. The Morgan fingerprint density at radius 1 is 1.03 bits per heavy atom. The fraction of sp³-hybridized carbons (Fsp3) is 0.292. The molecule has 2 aromatic rings. The highest BCUT2D eigenvalue weighted by Gasteiger charge is 2.32. The number of ether oxygens (including phenoxy) is 3. The monoisotopic (exact) mass is 454 g/mol. The van der Waals surface area contributed by atoms with Crippen molar-refractivity contribution in [3.8, 4) is 11.5 Å². The van der Waals surface area contributed by atoms with Gasteiger partial charge in [0.1, 0.15) is 0 Å². The quantitative estimate of drug-likeness (QED) is 0.405. The Hall–Kier alpha value is -3.26. The van der Waals surface area contributed by atoms with Gasteiger partial charge in [-0.1, -0.05) is 24.3 Å². The second kappa shape index (κ2) is 11.4. The van der Waals surface area contributed by atoms with Crippen LogP contribution in [0.15, 0.2) is 58.4 Å². The summed E-state index contributed by atoms with van der Waals surface area (Å²) in [5.74, 6) is 0.396. The van der Waals surface area contributed by atoms with Gasteiger partial charge >= 0.3 is 5.97 Å². The van der Waals surface area contributed by atoms with Crippen LogP contribution in [0.1, 0.15) is 26.3 Å². The average Bonchev–Trinajstić information content (AvgIpc) is 3.08.